The van der Waals surface area contributed by atoms with E-state index in [4.69, 9.17) is 0 Å². The van der Waals surface area contributed by atoms with Crippen molar-refractivity contribution in [3.63, 3.8) is 0 Å². The van der Waals surface area contributed by atoms with Crippen molar-refractivity contribution < 1.29 is 4.79 Å². The Kier molecular flexibility index (Phi) is 6.08. The molecule has 0 aliphatic carbocycles. The number of benzene rings is 2. The van der Waals surface area contributed by atoms with Crippen LogP contribution in [-0.2, 0) is 19.6 Å². The Morgan fingerprint density at radius 1 is 0.935 bits per heavy atom. The zero-order valence-corrected chi connectivity index (χ0v) is 17.4. The van der Waals surface area contributed by atoms with Crippen LogP contribution in [0.4, 0.5) is 0 Å². The van der Waals surface area contributed by atoms with Crippen LogP contribution in [-0.4, -0.2) is 20.3 Å². The molecule has 0 aliphatic heterocycles. The normalized spacial score (nSPS) is 10.7. The maximum Gasteiger partial charge on any atom is 0.254 e. The van der Waals surface area contributed by atoms with Gasteiger partial charge in [-0.1, -0.05) is 60.2 Å². The van der Waals surface area contributed by atoms with Gasteiger partial charge in [0.05, 0.1) is 24.8 Å². The Bertz CT molecular complexity index is 1240. The summed E-state index contributed by atoms with van der Waals surface area (Å²) < 4.78 is 3.42. The van der Waals surface area contributed by atoms with E-state index in [0.717, 1.165) is 16.7 Å². The maximum atomic E-state index is 12.4. The molecule has 0 aliphatic rings. The fourth-order valence-electron chi connectivity index (χ4n) is 3.40. The Labute approximate surface area is 180 Å². The number of hydrogen-bond acceptors (Lipinski definition) is 3. The minimum Gasteiger partial charge on any atom is -0.348 e. The number of nitrogens with one attached hydrogen (secondary N) is 1. The lowest BCUT2D eigenvalue weighted by Gasteiger charge is -2.07. The number of carbonyl (C=O) groups excluding carboxylic acids is 1. The molecule has 1 N–H and O–H groups in total. The number of nitrogens with zero attached hydrogens (tertiary/aromatic N) is 3. The molecule has 2 aromatic carbocycles. The lowest BCUT2D eigenvalue weighted by Crippen LogP contribution is -2.22. The van der Waals surface area contributed by atoms with Crippen LogP contribution in [0.1, 0.15) is 32.6 Å². The second-order valence-electron chi connectivity index (χ2n) is 7.58. The first-order valence-electron chi connectivity index (χ1n) is 10.2. The highest BCUT2D eigenvalue weighted by atomic mass is 16.1. The number of amides is 1. The van der Waals surface area contributed by atoms with E-state index >= 15 is 0 Å². The highest BCUT2D eigenvalue weighted by molar-refractivity contribution is 5.93. The van der Waals surface area contributed by atoms with Gasteiger partial charge in [-0.25, -0.2) is 0 Å². The number of pyridine rings is 1. The fraction of sp³-hybridized carbons (Fsp3) is 0.160. The molecule has 0 fully saturated rings. The third kappa shape index (κ3) is 5.36. The van der Waals surface area contributed by atoms with Crippen molar-refractivity contribution in [2.45, 2.75) is 26.6 Å². The van der Waals surface area contributed by atoms with Crippen molar-refractivity contribution in [3.05, 3.63) is 123 Å². The van der Waals surface area contributed by atoms with Gasteiger partial charge in [-0.2, -0.15) is 5.10 Å². The van der Waals surface area contributed by atoms with Crippen molar-refractivity contribution in [1.29, 1.82) is 0 Å². The van der Waals surface area contributed by atoms with E-state index in [1.807, 2.05) is 55.5 Å². The summed E-state index contributed by atoms with van der Waals surface area (Å²) in [4.78, 5) is 24.3. The minimum absolute atomic E-state index is 0.0173. The monoisotopic (exact) mass is 412 g/mol. The van der Waals surface area contributed by atoms with Crippen molar-refractivity contribution in [3.8, 4) is 0 Å². The van der Waals surface area contributed by atoms with Gasteiger partial charge in [0.15, 0.2) is 0 Å². The third-order valence-corrected chi connectivity index (χ3v) is 5.05. The Balaban J connectivity index is 1.34. The molecule has 0 saturated carbocycles. The van der Waals surface area contributed by atoms with Crippen molar-refractivity contribution in [2.75, 3.05) is 0 Å². The van der Waals surface area contributed by atoms with E-state index in [1.54, 1.807) is 40.0 Å². The van der Waals surface area contributed by atoms with Gasteiger partial charge < -0.3 is 9.88 Å². The molecule has 0 spiro atoms. The molecule has 4 aromatic rings. The molecule has 1 amide bonds. The van der Waals surface area contributed by atoms with Crippen LogP contribution in [0.15, 0.2) is 90.1 Å². The average Bonchev–Trinajstić information content (AvgIpc) is 3.24. The smallest absolute Gasteiger partial charge is 0.254 e. The van der Waals surface area contributed by atoms with Crippen molar-refractivity contribution >= 4 is 5.91 Å². The number of hydrogen-bond donors (Lipinski definition) is 1. The van der Waals surface area contributed by atoms with Crippen LogP contribution < -0.4 is 10.9 Å². The number of rotatable bonds is 7. The van der Waals surface area contributed by atoms with E-state index in [-0.39, 0.29) is 11.5 Å². The van der Waals surface area contributed by atoms with Gasteiger partial charge in [-0.3, -0.25) is 14.3 Å². The summed E-state index contributed by atoms with van der Waals surface area (Å²) in [7, 11) is 0. The first-order valence-corrected chi connectivity index (χ1v) is 10.2. The van der Waals surface area contributed by atoms with Crippen molar-refractivity contribution in [2.24, 2.45) is 0 Å². The number of aryl methyl sites for hydroxylation is 1. The molecule has 2 aromatic heterocycles. The summed E-state index contributed by atoms with van der Waals surface area (Å²) >= 11 is 0. The quantitative estimate of drug-likeness (QED) is 0.506. The van der Waals surface area contributed by atoms with Gasteiger partial charge in [-0.15, -0.1) is 0 Å². The number of aromatic nitrogens is 3. The summed E-state index contributed by atoms with van der Waals surface area (Å²) in [6.07, 6.45) is 5.12. The highest BCUT2D eigenvalue weighted by Gasteiger charge is 2.09. The Morgan fingerprint density at radius 3 is 2.45 bits per heavy atom. The van der Waals surface area contributed by atoms with Gasteiger partial charge in [0.2, 0.25) is 0 Å². The van der Waals surface area contributed by atoms with Gasteiger partial charge in [0.25, 0.3) is 11.5 Å². The Morgan fingerprint density at radius 2 is 1.71 bits per heavy atom. The molecule has 2 heterocycles. The molecular formula is C25H24N4O2. The summed E-state index contributed by atoms with van der Waals surface area (Å²) in [5, 5.41) is 7.25. The van der Waals surface area contributed by atoms with Crippen LogP contribution in [0.3, 0.4) is 0 Å². The summed E-state index contributed by atoms with van der Waals surface area (Å²) in [5.74, 6) is -0.142. The number of carbonyl (C=O) groups is 1. The topological polar surface area (TPSA) is 68.9 Å². The molecule has 6 heteroatoms. The van der Waals surface area contributed by atoms with E-state index < -0.39 is 0 Å². The molecule has 0 unspecified atom stereocenters. The molecule has 0 saturated heterocycles. The largest absolute Gasteiger partial charge is 0.348 e. The van der Waals surface area contributed by atoms with E-state index in [9.17, 15) is 9.59 Å². The molecule has 4 rings (SSSR count). The lowest BCUT2D eigenvalue weighted by molar-refractivity contribution is 0.0951. The summed E-state index contributed by atoms with van der Waals surface area (Å²) in [6.45, 7) is 3.62. The first kappa shape index (κ1) is 20.3. The first-order chi connectivity index (χ1) is 15.1. The molecule has 0 bridgehead atoms. The minimum atomic E-state index is -0.142. The Hall–Kier alpha value is -3.93. The van der Waals surface area contributed by atoms with Gasteiger partial charge in [0, 0.05) is 25.0 Å². The molecule has 6 nitrogen and oxygen atoms in total. The zero-order valence-electron chi connectivity index (χ0n) is 17.4. The summed E-state index contributed by atoms with van der Waals surface area (Å²) in [5.41, 5.74) is 4.87. The maximum absolute atomic E-state index is 12.4. The predicted molar refractivity (Wildman–Crippen MR) is 120 cm³/mol. The van der Waals surface area contributed by atoms with Crippen LogP contribution in [0, 0.1) is 6.92 Å². The van der Waals surface area contributed by atoms with E-state index in [0.29, 0.717) is 25.2 Å². The summed E-state index contributed by atoms with van der Waals surface area (Å²) in [6, 6.07) is 21.3. The highest BCUT2D eigenvalue weighted by Crippen LogP contribution is 2.09. The fourth-order valence-corrected chi connectivity index (χ4v) is 3.40. The van der Waals surface area contributed by atoms with Gasteiger partial charge >= 0.3 is 0 Å². The standard InChI is InChI=1S/C25H24N4O2/c1-19-5-4-6-22(13-19)14-26-25(31)23-15-27-29(18-23)17-21-10-8-20(9-11-21)16-28-12-3-2-7-24(28)30/h2-13,15,18H,14,16-17H2,1H3,(H,26,31). The molecular weight excluding hydrogens is 388 g/mol. The van der Waals surface area contributed by atoms with Crippen LogP contribution in [0.25, 0.3) is 0 Å². The average molecular weight is 412 g/mol. The lowest BCUT2D eigenvalue weighted by atomic mass is 10.1. The van der Waals surface area contributed by atoms with E-state index in [2.05, 4.69) is 16.5 Å². The van der Waals surface area contributed by atoms with Gasteiger partial charge in [-0.05, 0) is 29.7 Å². The molecule has 156 valence electrons. The SMILES string of the molecule is Cc1cccc(CNC(=O)c2cnn(Cc3ccc(Cn4ccccc4=O)cc3)c2)c1. The van der Waals surface area contributed by atoms with Crippen LogP contribution in [0.5, 0.6) is 0 Å². The van der Waals surface area contributed by atoms with Crippen LogP contribution >= 0.6 is 0 Å². The van der Waals surface area contributed by atoms with Crippen molar-refractivity contribution in [1.82, 2.24) is 19.7 Å². The third-order valence-electron chi connectivity index (χ3n) is 5.05. The van der Waals surface area contributed by atoms with E-state index in [1.165, 1.54) is 5.56 Å². The second kappa shape index (κ2) is 9.26. The second-order valence-corrected chi connectivity index (χ2v) is 7.58. The van der Waals surface area contributed by atoms with Crippen LogP contribution in [0.2, 0.25) is 0 Å². The molecule has 0 radical (unpaired) electrons. The zero-order chi connectivity index (χ0) is 21.6. The molecule has 31 heavy (non-hydrogen) atoms. The predicted octanol–water partition coefficient (Wildman–Crippen LogP) is 3.38. The van der Waals surface area contributed by atoms with Gasteiger partial charge in [0.1, 0.15) is 0 Å². The molecule has 0 atom stereocenters.